The Bertz CT molecular complexity index is 705. The van der Waals surface area contributed by atoms with Crippen molar-refractivity contribution in [2.75, 3.05) is 18.0 Å². The van der Waals surface area contributed by atoms with Gasteiger partial charge >= 0.3 is 5.97 Å². The van der Waals surface area contributed by atoms with Gasteiger partial charge in [-0.15, -0.1) is 0 Å². The summed E-state index contributed by atoms with van der Waals surface area (Å²) in [5.41, 5.74) is 2.83. The summed E-state index contributed by atoms with van der Waals surface area (Å²) in [6.07, 6.45) is 2.16. The predicted molar refractivity (Wildman–Crippen MR) is 92.0 cm³/mol. The van der Waals surface area contributed by atoms with Gasteiger partial charge in [0.2, 0.25) is 0 Å². The number of piperidine rings is 1. The number of aryl methyl sites for hydroxylation is 1. The fourth-order valence-electron chi connectivity index (χ4n) is 3.16. The molecule has 0 atom stereocenters. The normalized spacial score (nSPS) is 15.7. The Morgan fingerprint density at radius 1 is 1.22 bits per heavy atom. The van der Waals surface area contributed by atoms with Crippen molar-refractivity contribution < 1.29 is 9.90 Å². The van der Waals surface area contributed by atoms with Crippen LogP contribution < -0.4 is 4.90 Å². The first kappa shape index (κ1) is 15.5. The van der Waals surface area contributed by atoms with E-state index in [1.165, 1.54) is 0 Å². The molecule has 0 spiro atoms. The van der Waals surface area contributed by atoms with E-state index in [0.717, 1.165) is 42.8 Å². The zero-order valence-electron chi connectivity index (χ0n) is 13.6. The monoisotopic (exact) mass is 310 g/mol. The van der Waals surface area contributed by atoms with Crippen LogP contribution >= 0.6 is 0 Å². The molecule has 1 fully saturated rings. The number of hydrogen-bond acceptors (Lipinski definition) is 3. The van der Waals surface area contributed by atoms with Crippen molar-refractivity contribution in [1.29, 1.82) is 0 Å². The molecule has 3 rings (SSSR count). The molecule has 1 N–H and O–H groups in total. The second kappa shape index (κ2) is 6.41. The van der Waals surface area contributed by atoms with E-state index >= 15 is 0 Å². The number of carbonyl (C=O) groups is 1. The Labute approximate surface area is 136 Å². The van der Waals surface area contributed by atoms with Crippen LogP contribution in [0.2, 0.25) is 0 Å². The number of aromatic carboxylic acids is 1. The van der Waals surface area contributed by atoms with Crippen LogP contribution in [-0.4, -0.2) is 29.1 Å². The average molecular weight is 310 g/mol. The number of carboxylic acids is 1. The molecule has 2 heterocycles. The van der Waals surface area contributed by atoms with E-state index in [2.05, 4.69) is 16.8 Å². The van der Waals surface area contributed by atoms with Crippen LogP contribution in [0.25, 0.3) is 11.1 Å². The zero-order chi connectivity index (χ0) is 16.4. The lowest BCUT2D eigenvalue weighted by Crippen LogP contribution is -2.34. The molecule has 2 aromatic rings. The highest BCUT2D eigenvalue weighted by molar-refractivity contribution is 6.01. The van der Waals surface area contributed by atoms with Gasteiger partial charge in [-0.1, -0.05) is 37.3 Å². The van der Waals surface area contributed by atoms with Gasteiger partial charge in [-0.2, -0.15) is 0 Å². The molecule has 0 bridgehead atoms. The smallest absolute Gasteiger partial charge is 0.340 e. The van der Waals surface area contributed by atoms with Gasteiger partial charge < -0.3 is 10.0 Å². The maximum atomic E-state index is 12.0. The lowest BCUT2D eigenvalue weighted by molar-refractivity contribution is 0.0698. The van der Waals surface area contributed by atoms with E-state index in [1.807, 2.05) is 43.3 Å². The Balaban J connectivity index is 2.12. The molecule has 4 nitrogen and oxygen atoms in total. The van der Waals surface area contributed by atoms with Crippen molar-refractivity contribution in [3.8, 4) is 11.1 Å². The second-order valence-corrected chi connectivity index (χ2v) is 6.35. The standard InChI is InChI=1S/C19H22N2O2/c1-13-8-10-21(11-9-13)18-17(19(22)23)16(12-14(2)20-18)15-6-4-3-5-7-15/h3-7,12-13H,8-11H2,1-2H3,(H,22,23). The van der Waals surface area contributed by atoms with Crippen LogP contribution in [0.4, 0.5) is 5.82 Å². The summed E-state index contributed by atoms with van der Waals surface area (Å²) in [5, 5.41) is 9.81. The summed E-state index contributed by atoms with van der Waals surface area (Å²) in [6, 6.07) is 11.6. The van der Waals surface area contributed by atoms with Crippen LogP contribution in [0.5, 0.6) is 0 Å². The van der Waals surface area contributed by atoms with E-state index in [4.69, 9.17) is 0 Å². The number of rotatable bonds is 3. The van der Waals surface area contributed by atoms with E-state index in [9.17, 15) is 9.90 Å². The highest BCUT2D eigenvalue weighted by atomic mass is 16.4. The van der Waals surface area contributed by atoms with Gasteiger partial charge in [0.25, 0.3) is 0 Å². The molecule has 0 aliphatic carbocycles. The highest BCUT2D eigenvalue weighted by Gasteiger charge is 2.25. The maximum absolute atomic E-state index is 12.0. The molecule has 1 aliphatic heterocycles. The molecule has 1 aromatic heterocycles. The van der Waals surface area contributed by atoms with E-state index in [0.29, 0.717) is 17.3 Å². The van der Waals surface area contributed by atoms with E-state index in [1.54, 1.807) is 0 Å². The predicted octanol–water partition coefficient (Wildman–Crippen LogP) is 3.99. The lowest BCUT2D eigenvalue weighted by atomic mass is 9.96. The van der Waals surface area contributed by atoms with Crippen LogP contribution in [0.1, 0.15) is 35.8 Å². The molecular formula is C19H22N2O2. The number of hydrogen-bond donors (Lipinski definition) is 1. The van der Waals surface area contributed by atoms with Crippen LogP contribution in [-0.2, 0) is 0 Å². The maximum Gasteiger partial charge on any atom is 0.340 e. The van der Waals surface area contributed by atoms with Gasteiger partial charge in [-0.05, 0) is 37.3 Å². The van der Waals surface area contributed by atoms with E-state index in [-0.39, 0.29) is 0 Å². The number of carboxylic acid groups (broad SMARTS) is 1. The Morgan fingerprint density at radius 3 is 2.48 bits per heavy atom. The number of pyridine rings is 1. The topological polar surface area (TPSA) is 53.4 Å². The van der Waals surface area contributed by atoms with Gasteiger partial charge in [-0.25, -0.2) is 9.78 Å². The van der Waals surface area contributed by atoms with Crippen LogP contribution in [0.15, 0.2) is 36.4 Å². The molecule has 0 saturated carbocycles. The summed E-state index contributed by atoms with van der Waals surface area (Å²) in [6.45, 7) is 5.90. The number of anilines is 1. The number of aromatic nitrogens is 1. The van der Waals surface area contributed by atoms with Gasteiger partial charge in [0, 0.05) is 24.3 Å². The molecule has 1 saturated heterocycles. The molecular weight excluding hydrogens is 288 g/mol. The fourth-order valence-corrected chi connectivity index (χ4v) is 3.16. The van der Waals surface area contributed by atoms with Gasteiger partial charge in [-0.3, -0.25) is 0 Å². The minimum Gasteiger partial charge on any atom is -0.478 e. The average Bonchev–Trinajstić information content (AvgIpc) is 2.55. The van der Waals surface area contributed by atoms with Crippen molar-refractivity contribution in [2.24, 2.45) is 5.92 Å². The molecule has 1 aliphatic rings. The van der Waals surface area contributed by atoms with Crippen molar-refractivity contribution in [2.45, 2.75) is 26.7 Å². The van der Waals surface area contributed by atoms with Crippen LogP contribution in [0, 0.1) is 12.8 Å². The third-order valence-electron chi connectivity index (χ3n) is 4.51. The second-order valence-electron chi connectivity index (χ2n) is 6.35. The van der Waals surface area contributed by atoms with Crippen LogP contribution in [0.3, 0.4) is 0 Å². The lowest BCUT2D eigenvalue weighted by Gasteiger charge is -2.32. The molecule has 0 amide bonds. The molecule has 0 radical (unpaired) electrons. The minimum atomic E-state index is -0.912. The summed E-state index contributed by atoms with van der Waals surface area (Å²) in [4.78, 5) is 18.7. The van der Waals surface area contributed by atoms with Crippen molar-refractivity contribution in [3.05, 3.63) is 47.7 Å². The first-order valence-corrected chi connectivity index (χ1v) is 8.11. The molecule has 120 valence electrons. The third-order valence-corrected chi connectivity index (χ3v) is 4.51. The van der Waals surface area contributed by atoms with Crippen molar-refractivity contribution in [1.82, 2.24) is 4.98 Å². The van der Waals surface area contributed by atoms with Gasteiger partial charge in [0.1, 0.15) is 11.4 Å². The minimum absolute atomic E-state index is 0.316. The summed E-state index contributed by atoms with van der Waals surface area (Å²) in [5.74, 6) is 0.395. The fraction of sp³-hybridized carbons (Fsp3) is 0.368. The Hall–Kier alpha value is -2.36. The van der Waals surface area contributed by atoms with Gasteiger partial charge in [0.05, 0.1) is 0 Å². The Kier molecular flexibility index (Phi) is 4.33. The summed E-state index contributed by atoms with van der Waals surface area (Å²) < 4.78 is 0. The number of benzene rings is 1. The quantitative estimate of drug-likeness (QED) is 0.931. The van der Waals surface area contributed by atoms with Crippen molar-refractivity contribution in [3.63, 3.8) is 0 Å². The zero-order valence-corrected chi connectivity index (χ0v) is 13.6. The van der Waals surface area contributed by atoms with E-state index < -0.39 is 5.97 Å². The Morgan fingerprint density at radius 2 is 1.87 bits per heavy atom. The largest absolute Gasteiger partial charge is 0.478 e. The molecule has 1 aromatic carbocycles. The molecule has 23 heavy (non-hydrogen) atoms. The first-order valence-electron chi connectivity index (χ1n) is 8.11. The summed E-state index contributed by atoms with van der Waals surface area (Å²) >= 11 is 0. The first-order chi connectivity index (χ1) is 11.1. The highest BCUT2D eigenvalue weighted by Crippen LogP contribution is 2.33. The molecule has 4 heteroatoms. The number of nitrogens with zero attached hydrogens (tertiary/aromatic N) is 2. The summed E-state index contributed by atoms with van der Waals surface area (Å²) in [7, 11) is 0. The SMILES string of the molecule is Cc1cc(-c2ccccc2)c(C(=O)O)c(N2CCC(C)CC2)n1. The van der Waals surface area contributed by atoms with Gasteiger partial charge in [0.15, 0.2) is 0 Å². The molecule has 0 unspecified atom stereocenters. The third kappa shape index (κ3) is 3.21. The van der Waals surface area contributed by atoms with Crippen molar-refractivity contribution >= 4 is 11.8 Å².